The van der Waals surface area contributed by atoms with E-state index in [1.54, 1.807) is 0 Å². The molecule has 1 aromatic rings. The Balaban J connectivity index is 2.71. The fourth-order valence-corrected chi connectivity index (χ4v) is 2.18. The van der Waals surface area contributed by atoms with Gasteiger partial charge in [0.25, 0.3) is 0 Å². The Kier molecular flexibility index (Phi) is 6.36. The third-order valence-electron chi connectivity index (χ3n) is 3.54. The molecule has 0 amide bonds. The summed E-state index contributed by atoms with van der Waals surface area (Å²) in [6.45, 7) is 10.8. The fraction of sp³-hybridized carbons (Fsp3) is 0.562. The molecular weight excluding hydrogens is 252 g/mol. The quantitative estimate of drug-likeness (QED) is 0.778. The first kappa shape index (κ1) is 16.3. The number of carbonyl (C=O) groups excluding carboxylic acids is 1. The third-order valence-corrected chi connectivity index (χ3v) is 3.54. The van der Waals surface area contributed by atoms with Crippen LogP contribution in [-0.4, -0.2) is 32.7 Å². The van der Waals surface area contributed by atoms with Gasteiger partial charge >= 0.3 is 5.97 Å². The lowest BCUT2D eigenvalue weighted by atomic mass is 10.1. The number of hydrogen-bond acceptors (Lipinski definition) is 4. The SMILES string of the molecule is CCN(CC)c1ccc(NCC(C)C(=O)OC)c(C)c1. The van der Waals surface area contributed by atoms with E-state index in [1.165, 1.54) is 18.4 Å². The van der Waals surface area contributed by atoms with Gasteiger partial charge in [0.1, 0.15) is 0 Å². The Labute approximate surface area is 122 Å². The lowest BCUT2D eigenvalue weighted by Crippen LogP contribution is -2.23. The number of aryl methyl sites for hydroxylation is 1. The number of rotatable bonds is 7. The van der Waals surface area contributed by atoms with Crippen molar-refractivity contribution in [3.05, 3.63) is 23.8 Å². The maximum atomic E-state index is 11.4. The molecule has 1 aromatic carbocycles. The molecule has 1 N–H and O–H groups in total. The standard InChI is InChI=1S/C16H26N2O2/c1-6-18(7-2)14-8-9-15(12(3)10-14)17-11-13(4)16(19)20-5/h8-10,13,17H,6-7,11H2,1-5H3. The topological polar surface area (TPSA) is 41.6 Å². The molecule has 0 aliphatic rings. The highest BCUT2D eigenvalue weighted by Crippen LogP contribution is 2.22. The van der Waals surface area contributed by atoms with Crippen molar-refractivity contribution < 1.29 is 9.53 Å². The minimum atomic E-state index is -0.185. The second-order valence-corrected chi connectivity index (χ2v) is 4.98. The molecule has 0 radical (unpaired) electrons. The van der Waals surface area contributed by atoms with Gasteiger partial charge in [0.05, 0.1) is 13.0 Å². The normalized spacial score (nSPS) is 11.8. The zero-order chi connectivity index (χ0) is 15.1. The van der Waals surface area contributed by atoms with Crippen molar-refractivity contribution in [2.24, 2.45) is 5.92 Å². The van der Waals surface area contributed by atoms with Crippen LogP contribution in [0.2, 0.25) is 0 Å². The van der Waals surface area contributed by atoms with E-state index in [1.807, 2.05) is 6.92 Å². The average Bonchev–Trinajstić information content (AvgIpc) is 2.46. The van der Waals surface area contributed by atoms with Crippen molar-refractivity contribution in [2.75, 3.05) is 37.0 Å². The first-order chi connectivity index (χ1) is 9.53. The van der Waals surface area contributed by atoms with Gasteiger partial charge in [-0.15, -0.1) is 0 Å². The Bertz CT molecular complexity index is 442. The van der Waals surface area contributed by atoms with Crippen LogP contribution >= 0.6 is 0 Å². The van der Waals surface area contributed by atoms with Crippen LogP contribution in [0, 0.1) is 12.8 Å². The molecule has 1 rings (SSSR count). The molecule has 112 valence electrons. The van der Waals surface area contributed by atoms with Gasteiger partial charge in [-0.3, -0.25) is 4.79 Å². The van der Waals surface area contributed by atoms with Crippen molar-refractivity contribution in [3.8, 4) is 0 Å². The van der Waals surface area contributed by atoms with E-state index < -0.39 is 0 Å². The van der Waals surface area contributed by atoms with Gasteiger partial charge in [-0.1, -0.05) is 6.92 Å². The summed E-state index contributed by atoms with van der Waals surface area (Å²) in [6.07, 6.45) is 0. The summed E-state index contributed by atoms with van der Waals surface area (Å²) < 4.78 is 4.72. The summed E-state index contributed by atoms with van der Waals surface area (Å²) in [5, 5.41) is 3.31. The van der Waals surface area contributed by atoms with Crippen LogP contribution in [0.3, 0.4) is 0 Å². The van der Waals surface area contributed by atoms with Gasteiger partial charge < -0.3 is 15.0 Å². The third kappa shape index (κ3) is 4.15. The van der Waals surface area contributed by atoms with Crippen LogP contribution < -0.4 is 10.2 Å². The monoisotopic (exact) mass is 278 g/mol. The molecule has 1 atom stereocenters. The lowest BCUT2D eigenvalue weighted by molar-refractivity contribution is -0.144. The van der Waals surface area contributed by atoms with E-state index in [0.29, 0.717) is 6.54 Å². The van der Waals surface area contributed by atoms with Crippen LogP contribution in [0.5, 0.6) is 0 Å². The van der Waals surface area contributed by atoms with Crippen LogP contribution in [-0.2, 0) is 9.53 Å². The van der Waals surface area contributed by atoms with Gasteiger partial charge in [0.2, 0.25) is 0 Å². The fourth-order valence-electron chi connectivity index (χ4n) is 2.18. The first-order valence-electron chi connectivity index (χ1n) is 7.20. The van der Waals surface area contributed by atoms with Crippen molar-refractivity contribution in [2.45, 2.75) is 27.7 Å². The summed E-state index contributed by atoms with van der Waals surface area (Å²) in [5.41, 5.74) is 3.49. The maximum absolute atomic E-state index is 11.4. The van der Waals surface area contributed by atoms with Gasteiger partial charge in [-0.2, -0.15) is 0 Å². The number of benzene rings is 1. The molecule has 20 heavy (non-hydrogen) atoms. The second kappa shape index (κ2) is 7.78. The molecule has 0 aromatic heterocycles. The highest BCUT2D eigenvalue weighted by Gasteiger charge is 2.13. The molecule has 1 unspecified atom stereocenters. The van der Waals surface area contributed by atoms with E-state index >= 15 is 0 Å². The summed E-state index contributed by atoms with van der Waals surface area (Å²) in [4.78, 5) is 13.7. The molecule has 4 heteroatoms. The van der Waals surface area contributed by atoms with Crippen molar-refractivity contribution >= 4 is 17.3 Å². The molecule has 0 saturated heterocycles. The van der Waals surface area contributed by atoms with Gasteiger partial charge in [0.15, 0.2) is 0 Å². The molecule has 4 nitrogen and oxygen atoms in total. The highest BCUT2D eigenvalue weighted by atomic mass is 16.5. The van der Waals surface area contributed by atoms with E-state index in [9.17, 15) is 4.79 Å². The molecule has 0 spiro atoms. The smallest absolute Gasteiger partial charge is 0.310 e. The van der Waals surface area contributed by atoms with Gasteiger partial charge in [-0.05, 0) is 44.5 Å². The maximum Gasteiger partial charge on any atom is 0.310 e. The van der Waals surface area contributed by atoms with E-state index in [2.05, 4.69) is 49.2 Å². The van der Waals surface area contributed by atoms with Crippen molar-refractivity contribution in [1.29, 1.82) is 0 Å². The number of methoxy groups -OCH3 is 1. The molecule has 0 heterocycles. The summed E-state index contributed by atoms with van der Waals surface area (Å²) >= 11 is 0. The minimum Gasteiger partial charge on any atom is -0.469 e. The van der Waals surface area contributed by atoms with Crippen LogP contribution in [0.15, 0.2) is 18.2 Å². The number of nitrogens with zero attached hydrogens (tertiary/aromatic N) is 1. The van der Waals surface area contributed by atoms with Crippen LogP contribution in [0.25, 0.3) is 0 Å². The number of carbonyl (C=O) groups is 1. The zero-order valence-electron chi connectivity index (χ0n) is 13.2. The lowest BCUT2D eigenvalue weighted by Gasteiger charge is -2.22. The molecular formula is C16H26N2O2. The number of hydrogen-bond donors (Lipinski definition) is 1. The number of nitrogens with one attached hydrogen (secondary N) is 1. The number of ether oxygens (including phenoxy) is 1. The molecule has 0 aliphatic carbocycles. The summed E-state index contributed by atoms with van der Waals surface area (Å²) in [6, 6.07) is 6.37. The predicted molar refractivity (Wildman–Crippen MR) is 84.4 cm³/mol. The second-order valence-electron chi connectivity index (χ2n) is 4.98. The zero-order valence-corrected chi connectivity index (χ0v) is 13.2. The molecule has 0 aliphatic heterocycles. The van der Waals surface area contributed by atoms with Crippen LogP contribution in [0.4, 0.5) is 11.4 Å². The minimum absolute atomic E-state index is 0.151. The Morgan fingerprint density at radius 2 is 2.00 bits per heavy atom. The van der Waals surface area contributed by atoms with E-state index in [-0.39, 0.29) is 11.9 Å². The Morgan fingerprint density at radius 3 is 2.50 bits per heavy atom. The Morgan fingerprint density at radius 1 is 1.35 bits per heavy atom. The summed E-state index contributed by atoms with van der Waals surface area (Å²) in [5.74, 6) is -0.336. The Hall–Kier alpha value is -1.71. The van der Waals surface area contributed by atoms with Crippen LogP contribution in [0.1, 0.15) is 26.3 Å². The van der Waals surface area contributed by atoms with E-state index in [4.69, 9.17) is 4.74 Å². The number of anilines is 2. The highest BCUT2D eigenvalue weighted by molar-refractivity contribution is 5.72. The van der Waals surface area contributed by atoms with Gasteiger partial charge in [0, 0.05) is 31.0 Å². The predicted octanol–water partition coefficient (Wildman–Crippen LogP) is 3.06. The largest absolute Gasteiger partial charge is 0.469 e. The summed E-state index contributed by atoms with van der Waals surface area (Å²) in [7, 11) is 1.42. The molecule has 0 bridgehead atoms. The average molecular weight is 278 g/mol. The van der Waals surface area contributed by atoms with Crippen molar-refractivity contribution in [1.82, 2.24) is 0 Å². The van der Waals surface area contributed by atoms with E-state index in [0.717, 1.165) is 18.8 Å². The van der Waals surface area contributed by atoms with Crippen molar-refractivity contribution in [3.63, 3.8) is 0 Å². The first-order valence-corrected chi connectivity index (χ1v) is 7.20. The molecule has 0 saturated carbocycles. The molecule has 0 fully saturated rings. The number of esters is 1. The van der Waals surface area contributed by atoms with Gasteiger partial charge in [-0.25, -0.2) is 0 Å².